The van der Waals surface area contributed by atoms with Crippen molar-refractivity contribution in [3.05, 3.63) is 59.9 Å². The Hall–Kier alpha value is -2.61. The van der Waals surface area contributed by atoms with E-state index < -0.39 is 6.10 Å². The van der Waals surface area contributed by atoms with Gasteiger partial charge in [-0.3, -0.25) is 0 Å². The minimum Gasteiger partial charge on any atom is -0.491 e. The van der Waals surface area contributed by atoms with E-state index in [-0.39, 0.29) is 6.61 Å². The second kappa shape index (κ2) is 7.74. The first-order valence-electron chi connectivity index (χ1n) is 8.25. The van der Waals surface area contributed by atoms with Gasteiger partial charge in [0, 0.05) is 24.2 Å². The number of hydrogen-bond donors (Lipinski definition) is 2. The number of aliphatic hydroxyl groups is 1. The maximum atomic E-state index is 10.0. The highest BCUT2D eigenvalue weighted by Gasteiger charge is 2.12. The smallest absolute Gasteiger partial charge is 0.178 e. The van der Waals surface area contributed by atoms with Gasteiger partial charge in [0.1, 0.15) is 28.9 Å². The summed E-state index contributed by atoms with van der Waals surface area (Å²) in [7, 11) is 0. The molecule has 134 valence electrons. The molecular weight excluding hydrogens is 352 g/mol. The van der Waals surface area contributed by atoms with Crippen molar-refractivity contribution in [2.75, 3.05) is 13.2 Å². The molecule has 7 heteroatoms. The van der Waals surface area contributed by atoms with Gasteiger partial charge in [-0.2, -0.15) is 0 Å². The zero-order valence-corrected chi connectivity index (χ0v) is 14.7. The summed E-state index contributed by atoms with van der Waals surface area (Å²) in [5.74, 6) is 0.702. The molecule has 0 fully saturated rings. The first kappa shape index (κ1) is 16.8. The fourth-order valence-electron chi connectivity index (χ4n) is 2.60. The highest BCUT2D eigenvalue weighted by molar-refractivity contribution is 7.17. The Morgan fingerprint density at radius 3 is 2.88 bits per heavy atom. The molecule has 1 atom stereocenters. The van der Waals surface area contributed by atoms with Crippen LogP contribution in [0, 0.1) is 0 Å². The van der Waals surface area contributed by atoms with Crippen LogP contribution in [0.1, 0.15) is 5.56 Å². The largest absolute Gasteiger partial charge is 0.491 e. The highest BCUT2D eigenvalue weighted by Crippen LogP contribution is 2.32. The average Bonchev–Trinajstić information content (AvgIpc) is 3.39. The molecule has 3 heterocycles. The van der Waals surface area contributed by atoms with E-state index in [1.54, 1.807) is 23.9 Å². The van der Waals surface area contributed by atoms with Crippen molar-refractivity contribution in [2.24, 2.45) is 0 Å². The number of rotatable bonds is 8. The molecule has 0 bridgehead atoms. The summed E-state index contributed by atoms with van der Waals surface area (Å²) in [6.45, 7) is 1.31. The molecule has 1 aromatic carbocycles. The molecule has 0 spiro atoms. The lowest BCUT2D eigenvalue weighted by atomic mass is 10.1. The van der Waals surface area contributed by atoms with E-state index in [4.69, 9.17) is 13.7 Å². The van der Waals surface area contributed by atoms with Crippen LogP contribution in [0.4, 0.5) is 0 Å². The van der Waals surface area contributed by atoms with Gasteiger partial charge in [0.15, 0.2) is 5.58 Å². The van der Waals surface area contributed by atoms with Gasteiger partial charge >= 0.3 is 0 Å². The van der Waals surface area contributed by atoms with Gasteiger partial charge in [-0.05, 0) is 41.8 Å². The third-order valence-electron chi connectivity index (χ3n) is 3.94. The first-order chi connectivity index (χ1) is 12.8. The summed E-state index contributed by atoms with van der Waals surface area (Å²) >= 11 is 1.61. The van der Waals surface area contributed by atoms with E-state index in [9.17, 15) is 5.11 Å². The summed E-state index contributed by atoms with van der Waals surface area (Å²) in [5, 5.41) is 19.3. The monoisotopic (exact) mass is 370 g/mol. The Labute approximate surface area is 154 Å². The van der Waals surface area contributed by atoms with E-state index in [1.165, 1.54) is 0 Å². The highest BCUT2D eigenvalue weighted by atomic mass is 32.1. The van der Waals surface area contributed by atoms with Crippen LogP contribution >= 0.6 is 11.3 Å². The van der Waals surface area contributed by atoms with Gasteiger partial charge < -0.3 is 24.1 Å². The number of ether oxygens (including phenoxy) is 1. The van der Waals surface area contributed by atoms with Crippen molar-refractivity contribution in [1.82, 2.24) is 10.5 Å². The van der Waals surface area contributed by atoms with E-state index in [0.29, 0.717) is 18.8 Å². The second-order valence-electron chi connectivity index (χ2n) is 5.90. The number of furan rings is 1. The molecule has 0 aliphatic heterocycles. The van der Waals surface area contributed by atoms with Crippen LogP contribution in [0.2, 0.25) is 0 Å². The van der Waals surface area contributed by atoms with Gasteiger partial charge in [0.2, 0.25) is 0 Å². The standard InChI is InChI=1S/C19H18N2O4S/c22-15(10-20-9-13-5-7-23-11-13)12-24-16-3-1-14(2-4-16)18-19-17(25-21-18)6-8-26-19/h1-8,11,15,20,22H,9-10,12H2/t15-/m1/s1. The van der Waals surface area contributed by atoms with Crippen LogP contribution in [0.25, 0.3) is 21.5 Å². The van der Waals surface area contributed by atoms with Crippen LogP contribution in [-0.4, -0.2) is 29.5 Å². The summed E-state index contributed by atoms with van der Waals surface area (Å²) < 4.78 is 17.0. The molecule has 0 saturated carbocycles. The molecule has 26 heavy (non-hydrogen) atoms. The number of nitrogens with zero attached hydrogens (tertiary/aromatic N) is 1. The number of hydrogen-bond acceptors (Lipinski definition) is 7. The molecule has 6 nitrogen and oxygen atoms in total. The van der Waals surface area contributed by atoms with Crippen molar-refractivity contribution < 1.29 is 18.8 Å². The predicted molar refractivity (Wildman–Crippen MR) is 99.2 cm³/mol. The number of benzene rings is 1. The SMILES string of the molecule is O[C@H](CNCc1ccoc1)COc1ccc(-c2noc3ccsc23)cc1. The normalized spacial score (nSPS) is 12.5. The third-order valence-corrected chi connectivity index (χ3v) is 4.84. The van der Waals surface area contributed by atoms with Crippen molar-refractivity contribution >= 4 is 21.6 Å². The van der Waals surface area contributed by atoms with Crippen molar-refractivity contribution in [3.8, 4) is 17.0 Å². The minimum absolute atomic E-state index is 0.219. The maximum absolute atomic E-state index is 10.0. The zero-order valence-electron chi connectivity index (χ0n) is 13.9. The molecule has 0 amide bonds. The lowest BCUT2D eigenvalue weighted by Crippen LogP contribution is -2.31. The van der Waals surface area contributed by atoms with Crippen molar-refractivity contribution in [2.45, 2.75) is 12.6 Å². The molecule has 4 aromatic rings. The Bertz CT molecular complexity index is 944. The molecule has 0 aliphatic rings. The fraction of sp³-hybridized carbons (Fsp3) is 0.211. The average molecular weight is 370 g/mol. The molecule has 3 aromatic heterocycles. The first-order valence-corrected chi connectivity index (χ1v) is 9.13. The molecule has 2 N–H and O–H groups in total. The van der Waals surface area contributed by atoms with E-state index in [0.717, 1.165) is 27.1 Å². The topological polar surface area (TPSA) is 80.7 Å². The van der Waals surface area contributed by atoms with Crippen LogP contribution in [0.15, 0.2) is 63.2 Å². The van der Waals surface area contributed by atoms with Gasteiger partial charge in [-0.25, -0.2) is 0 Å². The van der Waals surface area contributed by atoms with Crippen LogP contribution in [-0.2, 0) is 6.54 Å². The number of fused-ring (bicyclic) bond motifs is 1. The minimum atomic E-state index is -0.595. The van der Waals surface area contributed by atoms with Gasteiger partial charge in [-0.1, -0.05) is 5.16 Å². The quantitative estimate of drug-likeness (QED) is 0.492. The lowest BCUT2D eigenvalue weighted by molar-refractivity contribution is 0.106. The summed E-state index contributed by atoms with van der Waals surface area (Å²) in [4.78, 5) is 0. The fourth-order valence-corrected chi connectivity index (χ4v) is 3.41. The Balaban J connectivity index is 1.28. The molecule has 4 rings (SSSR count). The molecule has 0 unspecified atom stereocenters. The third kappa shape index (κ3) is 3.80. The predicted octanol–water partition coefficient (Wildman–Crippen LogP) is 3.68. The maximum Gasteiger partial charge on any atom is 0.178 e. The van der Waals surface area contributed by atoms with Crippen molar-refractivity contribution in [1.29, 1.82) is 0 Å². The summed E-state index contributed by atoms with van der Waals surface area (Å²) in [6.07, 6.45) is 2.71. The van der Waals surface area contributed by atoms with Crippen molar-refractivity contribution in [3.63, 3.8) is 0 Å². The Kier molecular flexibility index (Phi) is 5.01. The molecule has 0 aliphatic carbocycles. The van der Waals surface area contributed by atoms with E-state index in [1.807, 2.05) is 41.8 Å². The molecular formula is C19H18N2O4S. The van der Waals surface area contributed by atoms with Gasteiger partial charge in [-0.15, -0.1) is 11.3 Å². The van der Waals surface area contributed by atoms with Gasteiger partial charge in [0.05, 0.1) is 12.5 Å². The van der Waals surface area contributed by atoms with E-state index in [2.05, 4.69) is 10.5 Å². The Morgan fingerprint density at radius 1 is 1.19 bits per heavy atom. The number of aromatic nitrogens is 1. The number of nitrogens with one attached hydrogen (secondary N) is 1. The number of aliphatic hydroxyl groups excluding tert-OH is 1. The lowest BCUT2D eigenvalue weighted by Gasteiger charge is -2.13. The summed E-state index contributed by atoms with van der Waals surface area (Å²) in [6, 6.07) is 11.4. The Morgan fingerprint density at radius 2 is 2.08 bits per heavy atom. The van der Waals surface area contributed by atoms with Crippen LogP contribution < -0.4 is 10.1 Å². The van der Waals surface area contributed by atoms with E-state index >= 15 is 0 Å². The van der Waals surface area contributed by atoms with Crippen LogP contribution in [0.5, 0.6) is 5.75 Å². The summed E-state index contributed by atoms with van der Waals surface area (Å²) in [5.41, 5.74) is 3.66. The molecule has 0 radical (unpaired) electrons. The zero-order chi connectivity index (χ0) is 17.8. The number of thiophene rings is 1. The molecule has 0 saturated heterocycles. The second-order valence-corrected chi connectivity index (χ2v) is 6.81. The van der Waals surface area contributed by atoms with Gasteiger partial charge in [0.25, 0.3) is 0 Å². The van der Waals surface area contributed by atoms with Crippen LogP contribution in [0.3, 0.4) is 0 Å².